The van der Waals surface area contributed by atoms with E-state index in [-0.39, 0.29) is 47.1 Å². The lowest BCUT2D eigenvalue weighted by molar-refractivity contribution is -0.0999. The molecule has 4 aromatic heterocycles. The number of phosphoric acid groups is 2. The third-order valence-corrected chi connectivity index (χ3v) is 23.5. The minimum atomic E-state index is -4.98. The molecule has 2 unspecified atom stereocenters. The molecule has 642 valence electrons. The van der Waals surface area contributed by atoms with E-state index in [2.05, 4.69) is 39.2 Å². The van der Waals surface area contributed by atoms with Gasteiger partial charge in [0.15, 0.2) is 11.6 Å². The lowest BCUT2D eigenvalue weighted by atomic mass is 9.96. The quantitative estimate of drug-likeness (QED) is 0.0130. The summed E-state index contributed by atoms with van der Waals surface area (Å²) in [7, 11) is -8.31. The number of anilines is 2. The second-order valence-corrected chi connectivity index (χ2v) is 34.3. The number of hydrogen-bond donors (Lipinski definition) is 8. The van der Waals surface area contributed by atoms with Gasteiger partial charge in [-0.2, -0.15) is 26.0 Å². The Labute approximate surface area is 684 Å². The molecule has 2 saturated heterocycles. The summed E-state index contributed by atoms with van der Waals surface area (Å²) in [5.41, 5.74) is 10.1. The van der Waals surface area contributed by atoms with Crippen molar-refractivity contribution in [3.8, 4) is 47.0 Å². The largest absolute Gasteiger partial charge is 0.495 e. The lowest BCUT2D eigenvalue weighted by Crippen LogP contribution is -2.45. The van der Waals surface area contributed by atoms with Crippen LogP contribution in [0.15, 0.2) is 67.3 Å². The highest BCUT2D eigenvalue weighted by Crippen LogP contribution is 2.50. The smallest absolute Gasteiger partial charge is 0.472 e. The van der Waals surface area contributed by atoms with Crippen molar-refractivity contribution in [2.45, 2.75) is 325 Å². The number of benzene rings is 2. The Bertz CT molecular complexity index is 4160. The number of unbranched alkanes of at least 4 members (excludes halogenated alkanes) is 32. The first-order chi connectivity index (χ1) is 56.0. The Morgan fingerprint density at radius 3 is 1.39 bits per heavy atom. The molecule has 0 saturated carbocycles. The van der Waals surface area contributed by atoms with Gasteiger partial charge in [-0.25, -0.2) is 28.1 Å². The van der Waals surface area contributed by atoms with Crippen LogP contribution in [0.4, 0.5) is 11.6 Å². The number of nitrogens with zero attached hydrogens (tertiary/aromatic N) is 9. The third kappa shape index (κ3) is 29.0. The number of nitrogen functional groups attached to an aromatic ring is 2. The van der Waals surface area contributed by atoms with E-state index in [9.17, 15) is 55.1 Å². The van der Waals surface area contributed by atoms with E-state index >= 15 is 0 Å². The van der Waals surface area contributed by atoms with Crippen molar-refractivity contribution in [3.05, 3.63) is 89.8 Å². The van der Waals surface area contributed by atoms with E-state index < -0.39 is 95.5 Å². The second-order valence-electron chi connectivity index (χ2n) is 31.4. The van der Waals surface area contributed by atoms with Crippen molar-refractivity contribution in [1.29, 1.82) is 15.8 Å². The highest BCUT2D eigenvalue weighted by molar-refractivity contribution is 7.47. The molecule has 2 aromatic carbocycles. The van der Waals surface area contributed by atoms with Crippen LogP contribution in [0.3, 0.4) is 0 Å². The van der Waals surface area contributed by atoms with Crippen LogP contribution in [0.25, 0.3) is 11.0 Å². The highest BCUT2D eigenvalue weighted by atomic mass is 31.2. The second kappa shape index (κ2) is 48.7. The Kier molecular flexibility index (Phi) is 39.6. The molecule has 0 aliphatic carbocycles. The van der Waals surface area contributed by atoms with Crippen molar-refractivity contribution >= 4 is 38.3 Å². The van der Waals surface area contributed by atoms with Gasteiger partial charge in [0.05, 0.1) is 56.6 Å². The average Bonchev–Trinajstić information content (AvgIpc) is 1.54. The summed E-state index contributed by atoms with van der Waals surface area (Å²) < 4.78 is 94.5. The van der Waals surface area contributed by atoms with Crippen molar-refractivity contribution < 1.29 is 90.6 Å². The number of rotatable bonds is 60. The Morgan fingerprint density at radius 2 is 0.940 bits per heavy atom. The maximum Gasteiger partial charge on any atom is 0.472 e. The molecule has 8 rings (SSSR count). The Hall–Kier alpha value is -7.27. The fourth-order valence-electron chi connectivity index (χ4n) is 15.0. The molecule has 2 aliphatic rings. The number of ether oxygens (including phenoxy) is 7. The molecular formula is C84H127N11O19P2. The number of nitrogens with two attached hydrogens (primary N) is 2. The van der Waals surface area contributed by atoms with Gasteiger partial charge in [-0.3, -0.25) is 18.1 Å². The predicted octanol–water partition coefficient (Wildman–Crippen LogP) is 16.4. The van der Waals surface area contributed by atoms with Gasteiger partial charge in [-0.15, -0.1) is 0 Å². The molecule has 2 fully saturated rings. The fourth-order valence-corrected chi connectivity index (χ4v) is 16.6. The molecule has 32 heteroatoms. The zero-order valence-electron chi connectivity index (χ0n) is 68.6. The number of aliphatic hydroxyl groups excluding tert-OH is 4. The van der Waals surface area contributed by atoms with Crippen LogP contribution in [0, 0.1) is 34.0 Å². The number of nitriles is 3. The van der Waals surface area contributed by atoms with Gasteiger partial charge < -0.3 is 74.8 Å². The Morgan fingerprint density at radius 1 is 0.517 bits per heavy atom. The van der Waals surface area contributed by atoms with Gasteiger partial charge in [0.1, 0.15) is 137 Å². The number of fused-ring (bicyclic) bond motifs is 2. The van der Waals surface area contributed by atoms with E-state index in [1.807, 2.05) is 19.9 Å². The molecule has 0 spiro atoms. The van der Waals surface area contributed by atoms with Gasteiger partial charge in [0.25, 0.3) is 0 Å². The first-order valence-corrected chi connectivity index (χ1v) is 45.2. The number of methoxy groups -OCH3 is 1. The minimum Gasteiger partial charge on any atom is -0.495 e. The van der Waals surface area contributed by atoms with E-state index in [1.54, 1.807) is 54.6 Å². The van der Waals surface area contributed by atoms with Crippen LogP contribution in [-0.2, 0) is 36.7 Å². The summed E-state index contributed by atoms with van der Waals surface area (Å²) >= 11 is 0. The summed E-state index contributed by atoms with van der Waals surface area (Å²) in [5.74, 6) is 1.91. The Balaban J connectivity index is 0.710. The van der Waals surface area contributed by atoms with E-state index in [0.717, 1.165) is 96.3 Å². The number of hydrogen-bond acceptors (Lipinski definition) is 26. The fraction of sp³-hybridized carbons (Fsp3) is 0.679. The van der Waals surface area contributed by atoms with Gasteiger partial charge in [-0.1, -0.05) is 206 Å². The zero-order valence-corrected chi connectivity index (χ0v) is 70.4. The van der Waals surface area contributed by atoms with Crippen molar-refractivity contribution in [3.63, 3.8) is 0 Å². The molecule has 12 atom stereocenters. The molecule has 6 heterocycles. The summed E-state index contributed by atoms with van der Waals surface area (Å²) in [6, 6.07) is 20.7. The standard InChI is InChI=1S/C84H127N11O19P2/c1-6-7-8-9-10-11-12-13-14-16-19-23-26-29-32-35-38-41-65(55-107-116(102,103)109-58-84(56-87)80(99)76(97)78(114-84)69-45-47-71-82(89)91-60-93-95(69)71)112-66-50-73(104-5)67(53-86)74(51-66)105-48-39-36-33-30-27-24-21-18-15-17-20-22-25-28-31-34-37-40-64(111-63-43-42-62(52-85)72(49-63)110-61(2)3)54-106-115(100,101)108-57-83(4)79(98)75(96)77(113-83)68-44-46-70-81(88)90-59-92-94(68)70/h42-47,49-51,59-61,64-65,75-80,96-99H,6-41,48,54-55,57-58H2,1-5H3,(H,100,101)(H,102,103)(H2,88,90,92)(H2,89,91,93)/t64-,65-,75+,76+,77+,78+,79+,80+,83-,84-/m1/s1. The molecule has 116 heavy (non-hydrogen) atoms. The molecule has 2 aliphatic heterocycles. The lowest BCUT2D eigenvalue weighted by Gasteiger charge is -2.28. The van der Waals surface area contributed by atoms with Gasteiger partial charge in [0, 0.05) is 18.2 Å². The monoisotopic (exact) mass is 1660 g/mol. The summed E-state index contributed by atoms with van der Waals surface area (Å²) in [6.07, 6.45) is 31.6. The van der Waals surface area contributed by atoms with Crippen LogP contribution in [-0.4, -0.2) is 153 Å². The minimum absolute atomic E-state index is 0.151. The first-order valence-electron chi connectivity index (χ1n) is 42.2. The molecule has 0 radical (unpaired) electrons. The van der Waals surface area contributed by atoms with Crippen molar-refractivity contribution in [2.24, 2.45) is 0 Å². The van der Waals surface area contributed by atoms with Crippen molar-refractivity contribution in [2.75, 3.05) is 51.6 Å². The number of aromatic nitrogens is 6. The maximum absolute atomic E-state index is 13.7. The topological polar surface area (TPSA) is 441 Å². The van der Waals surface area contributed by atoms with Crippen LogP contribution in [0.1, 0.15) is 294 Å². The van der Waals surface area contributed by atoms with E-state index in [4.69, 9.17) is 62.7 Å². The molecule has 6 aromatic rings. The van der Waals surface area contributed by atoms with Gasteiger partial charge >= 0.3 is 15.6 Å². The van der Waals surface area contributed by atoms with Crippen LogP contribution in [0.5, 0.6) is 28.7 Å². The van der Waals surface area contributed by atoms with E-state index in [1.165, 1.54) is 151 Å². The van der Waals surface area contributed by atoms with Crippen LogP contribution >= 0.6 is 15.6 Å². The maximum atomic E-state index is 13.7. The van der Waals surface area contributed by atoms with Crippen LogP contribution < -0.4 is 35.2 Å². The molecule has 30 nitrogen and oxygen atoms in total. The van der Waals surface area contributed by atoms with Crippen LogP contribution in [0.2, 0.25) is 0 Å². The first kappa shape index (κ1) is 94.2. The zero-order chi connectivity index (χ0) is 83.4. The van der Waals surface area contributed by atoms with Crippen molar-refractivity contribution in [1.82, 2.24) is 29.2 Å². The van der Waals surface area contributed by atoms with Gasteiger partial charge in [-0.05, 0) is 89.3 Å². The van der Waals surface area contributed by atoms with E-state index in [0.29, 0.717) is 65.4 Å². The summed E-state index contributed by atoms with van der Waals surface area (Å²) in [4.78, 5) is 30.0. The predicted molar refractivity (Wildman–Crippen MR) is 438 cm³/mol. The molecule has 10 N–H and O–H groups in total. The summed E-state index contributed by atoms with van der Waals surface area (Å²) in [6.45, 7) is 5.48. The normalized spacial score (nSPS) is 21.0. The average molecular weight is 1660 g/mol. The molecule has 0 bridgehead atoms. The summed E-state index contributed by atoms with van der Waals surface area (Å²) in [5, 5.41) is 83.3. The third-order valence-electron chi connectivity index (χ3n) is 21.7. The number of aliphatic hydroxyl groups is 4. The molecular weight excluding hydrogens is 1530 g/mol. The molecule has 0 amide bonds. The van der Waals surface area contributed by atoms with Gasteiger partial charge in [0.2, 0.25) is 5.60 Å². The number of phosphoric ester groups is 2. The SMILES string of the molecule is CCCCCCCCCCCCCCCCCCC[C@H](COP(=O)(O)OC[C@@]1(C#N)O[C@@H](c2ccc3c(N)ncnn23)[C@H](O)[C@@H]1O)Oc1cc(OC)c(C#N)c(OCCCCCCCCCCCCCCCCCCC[C@H](COP(=O)(O)OC[C@@]2(C)O[C@@H](c3ccc4c(N)ncnn34)[C@H](O)[C@@H]2O)Oc2ccc(C#N)c(OC(C)C)c2)c1. The highest BCUT2D eigenvalue weighted by Gasteiger charge is 2.58.